The van der Waals surface area contributed by atoms with Gasteiger partial charge in [-0.1, -0.05) is 29.8 Å². The number of fused-ring (bicyclic) bond motifs is 1. The van der Waals surface area contributed by atoms with Crippen molar-refractivity contribution in [3.05, 3.63) is 65.1 Å². The smallest absolute Gasteiger partial charge is 0.339 e. The van der Waals surface area contributed by atoms with Crippen LogP contribution in [0.1, 0.15) is 23.0 Å². The molecular formula is C19H16ClN3O3. The zero-order valence-corrected chi connectivity index (χ0v) is 14.9. The molecule has 1 N–H and O–H groups in total. The van der Waals surface area contributed by atoms with E-state index < -0.39 is 18.0 Å². The number of hydrogen-bond acceptors (Lipinski definition) is 5. The number of nitrogens with one attached hydrogen (secondary N) is 1. The molecule has 132 valence electrons. The summed E-state index contributed by atoms with van der Waals surface area (Å²) < 4.78 is 5.33. The summed E-state index contributed by atoms with van der Waals surface area (Å²) in [5.74, 6) is -1.09. The van der Waals surface area contributed by atoms with Crippen LogP contribution in [-0.4, -0.2) is 27.9 Å². The standard InChI is InChI=1S/C19H16ClN3O3/c1-11-10-14(13-6-3-4-7-15(13)22-11)19(25)26-12(2)18(24)23-16-8-5-9-21-17(16)20/h3-10,12H,1-2H3,(H,23,24)/t12-/m1/s1. The molecule has 0 unspecified atom stereocenters. The largest absolute Gasteiger partial charge is 0.449 e. The van der Waals surface area contributed by atoms with E-state index in [1.54, 1.807) is 31.2 Å². The second-order valence-corrected chi connectivity index (χ2v) is 6.06. The average Bonchev–Trinajstić information content (AvgIpc) is 2.62. The average molecular weight is 370 g/mol. The zero-order valence-electron chi connectivity index (χ0n) is 14.2. The van der Waals surface area contributed by atoms with Gasteiger partial charge in [-0.3, -0.25) is 9.78 Å². The number of hydrogen-bond donors (Lipinski definition) is 1. The molecule has 3 rings (SSSR count). The SMILES string of the molecule is Cc1cc(C(=O)O[C@H](C)C(=O)Nc2cccnc2Cl)c2ccccc2n1. The lowest BCUT2D eigenvalue weighted by atomic mass is 10.1. The minimum Gasteiger partial charge on any atom is -0.449 e. The van der Waals surface area contributed by atoms with E-state index in [2.05, 4.69) is 15.3 Å². The van der Waals surface area contributed by atoms with Gasteiger partial charge in [0.2, 0.25) is 0 Å². The molecule has 2 heterocycles. The number of aromatic nitrogens is 2. The van der Waals surface area contributed by atoms with Crippen LogP contribution in [0.25, 0.3) is 10.9 Å². The van der Waals surface area contributed by atoms with Gasteiger partial charge in [0, 0.05) is 17.3 Å². The lowest BCUT2D eigenvalue weighted by molar-refractivity contribution is -0.123. The van der Waals surface area contributed by atoms with Gasteiger partial charge in [0.15, 0.2) is 11.3 Å². The number of pyridine rings is 2. The van der Waals surface area contributed by atoms with Crippen LogP contribution < -0.4 is 5.32 Å². The third-order valence-electron chi connectivity index (χ3n) is 3.73. The lowest BCUT2D eigenvalue weighted by Crippen LogP contribution is -2.30. The van der Waals surface area contributed by atoms with E-state index in [-0.39, 0.29) is 5.15 Å². The number of esters is 1. The molecule has 0 aliphatic heterocycles. The summed E-state index contributed by atoms with van der Waals surface area (Å²) >= 11 is 5.92. The van der Waals surface area contributed by atoms with Crippen molar-refractivity contribution in [2.45, 2.75) is 20.0 Å². The molecule has 26 heavy (non-hydrogen) atoms. The summed E-state index contributed by atoms with van der Waals surface area (Å²) in [5.41, 5.74) is 2.10. The van der Waals surface area contributed by atoms with Crippen LogP contribution in [0.15, 0.2) is 48.7 Å². The van der Waals surface area contributed by atoms with Crippen LogP contribution in [0.4, 0.5) is 5.69 Å². The highest BCUT2D eigenvalue weighted by Crippen LogP contribution is 2.21. The first kappa shape index (κ1) is 17.8. The number of ether oxygens (including phenoxy) is 1. The maximum absolute atomic E-state index is 12.6. The van der Waals surface area contributed by atoms with E-state index in [1.807, 2.05) is 18.2 Å². The Bertz CT molecular complexity index is 991. The van der Waals surface area contributed by atoms with Crippen LogP contribution in [0, 0.1) is 6.92 Å². The van der Waals surface area contributed by atoms with Crippen LogP contribution >= 0.6 is 11.6 Å². The number of para-hydroxylation sites is 1. The predicted octanol–water partition coefficient (Wildman–Crippen LogP) is 3.78. The molecule has 0 saturated carbocycles. The van der Waals surface area contributed by atoms with Gasteiger partial charge in [-0.05, 0) is 38.1 Å². The van der Waals surface area contributed by atoms with Gasteiger partial charge in [0.05, 0.1) is 16.8 Å². The number of halogens is 1. The predicted molar refractivity (Wildman–Crippen MR) is 99.2 cm³/mol. The molecule has 3 aromatic rings. The van der Waals surface area contributed by atoms with E-state index in [9.17, 15) is 9.59 Å². The van der Waals surface area contributed by atoms with Gasteiger partial charge in [-0.2, -0.15) is 0 Å². The zero-order chi connectivity index (χ0) is 18.7. The Hall–Kier alpha value is -2.99. The first-order valence-electron chi connectivity index (χ1n) is 7.94. The van der Waals surface area contributed by atoms with Crippen molar-refractivity contribution in [2.24, 2.45) is 0 Å². The minimum absolute atomic E-state index is 0.162. The highest BCUT2D eigenvalue weighted by atomic mass is 35.5. The van der Waals surface area contributed by atoms with Gasteiger partial charge in [-0.25, -0.2) is 9.78 Å². The summed E-state index contributed by atoms with van der Waals surface area (Å²) in [6, 6.07) is 12.2. The molecule has 6 nitrogen and oxygen atoms in total. The fourth-order valence-electron chi connectivity index (χ4n) is 2.47. The summed E-state index contributed by atoms with van der Waals surface area (Å²) in [6.07, 6.45) is 0.504. The number of carbonyl (C=O) groups is 2. The molecule has 0 fully saturated rings. The number of aryl methyl sites for hydroxylation is 1. The Morgan fingerprint density at radius 2 is 1.96 bits per heavy atom. The molecule has 0 spiro atoms. The van der Waals surface area contributed by atoms with Crippen LogP contribution in [0.5, 0.6) is 0 Å². The third kappa shape index (κ3) is 3.81. The Morgan fingerprint density at radius 3 is 2.73 bits per heavy atom. The van der Waals surface area contributed by atoms with Crippen molar-refractivity contribution in [3.8, 4) is 0 Å². The van der Waals surface area contributed by atoms with E-state index in [4.69, 9.17) is 16.3 Å². The van der Waals surface area contributed by atoms with Gasteiger partial charge >= 0.3 is 5.97 Å². The second-order valence-electron chi connectivity index (χ2n) is 5.71. The van der Waals surface area contributed by atoms with E-state index >= 15 is 0 Å². The maximum atomic E-state index is 12.6. The number of rotatable bonds is 4. The van der Waals surface area contributed by atoms with Crippen molar-refractivity contribution in [2.75, 3.05) is 5.32 Å². The van der Waals surface area contributed by atoms with Gasteiger partial charge in [0.25, 0.3) is 5.91 Å². The molecule has 2 aromatic heterocycles. The highest BCUT2D eigenvalue weighted by molar-refractivity contribution is 6.32. The molecular weight excluding hydrogens is 354 g/mol. The number of anilines is 1. The van der Waals surface area contributed by atoms with E-state index in [0.29, 0.717) is 27.8 Å². The number of benzene rings is 1. The molecule has 1 amide bonds. The molecule has 0 radical (unpaired) electrons. The van der Waals surface area contributed by atoms with Crippen molar-refractivity contribution >= 4 is 40.1 Å². The number of nitrogens with zero attached hydrogens (tertiary/aromatic N) is 2. The van der Waals surface area contributed by atoms with Crippen LogP contribution in [0.3, 0.4) is 0 Å². The van der Waals surface area contributed by atoms with Crippen LogP contribution in [0.2, 0.25) is 5.15 Å². The Kier molecular flexibility index (Phi) is 5.14. The van der Waals surface area contributed by atoms with Crippen molar-refractivity contribution in [1.82, 2.24) is 9.97 Å². The summed E-state index contributed by atoms with van der Waals surface area (Å²) in [4.78, 5) is 33.1. The molecule has 0 saturated heterocycles. The Labute approximate surface area is 155 Å². The highest BCUT2D eigenvalue weighted by Gasteiger charge is 2.21. The topological polar surface area (TPSA) is 81.2 Å². The van der Waals surface area contributed by atoms with Crippen molar-refractivity contribution in [1.29, 1.82) is 0 Å². The third-order valence-corrected chi connectivity index (χ3v) is 4.04. The molecule has 0 aliphatic carbocycles. The van der Waals surface area contributed by atoms with Crippen molar-refractivity contribution in [3.63, 3.8) is 0 Å². The van der Waals surface area contributed by atoms with E-state index in [0.717, 1.165) is 0 Å². The molecule has 0 bridgehead atoms. The van der Waals surface area contributed by atoms with Gasteiger partial charge in [0.1, 0.15) is 0 Å². The molecule has 0 aliphatic rings. The first-order chi connectivity index (χ1) is 12.5. The summed E-state index contributed by atoms with van der Waals surface area (Å²) in [7, 11) is 0. The lowest BCUT2D eigenvalue weighted by Gasteiger charge is -2.15. The molecule has 7 heteroatoms. The quantitative estimate of drug-likeness (QED) is 0.559. The van der Waals surface area contributed by atoms with E-state index in [1.165, 1.54) is 13.1 Å². The fourth-order valence-corrected chi connectivity index (χ4v) is 2.63. The maximum Gasteiger partial charge on any atom is 0.339 e. The molecule has 1 atom stereocenters. The minimum atomic E-state index is -1.01. The monoisotopic (exact) mass is 369 g/mol. The first-order valence-corrected chi connectivity index (χ1v) is 8.32. The number of carbonyl (C=O) groups excluding carboxylic acids is 2. The fraction of sp³-hybridized carbons (Fsp3) is 0.158. The molecule has 1 aromatic carbocycles. The normalized spacial score (nSPS) is 11.8. The van der Waals surface area contributed by atoms with Gasteiger partial charge < -0.3 is 10.1 Å². The van der Waals surface area contributed by atoms with Gasteiger partial charge in [-0.15, -0.1) is 0 Å². The number of amides is 1. The Morgan fingerprint density at radius 1 is 1.19 bits per heavy atom. The summed E-state index contributed by atoms with van der Waals surface area (Å²) in [5, 5.41) is 3.43. The second kappa shape index (κ2) is 7.49. The van der Waals surface area contributed by atoms with Crippen LogP contribution in [-0.2, 0) is 9.53 Å². The van der Waals surface area contributed by atoms with Crippen molar-refractivity contribution < 1.29 is 14.3 Å². The Balaban J connectivity index is 1.77. The summed E-state index contributed by atoms with van der Waals surface area (Å²) in [6.45, 7) is 3.29.